The van der Waals surface area contributed by atoms with Crippen LogP contribution >= 0.6 is 27.7 Å². The summed E-state index contributed by atoms with van der Waals surface area (Å²) in [6.45, 7) is 0.535. The van der Waals surface area contributed by atoms with E-state index in [4.69, 9.17) is 5.73 Å². The third-order valence-electron chi connectivity index (χ3n) is 2.96. The molecule has 0 aromatic heterocycles. The molecule has 1 saturated heterocycles. The molecule has 2 rings (SSSR count). The van der Waals surface area contributed by atoms with Crippen LogP contribution in [0.3, 0.4) is 0 Å². The van der Waals surface area contributed by atoms with Gasteiger partial charge in [0.05, 0.1) is 15.8 Å². The second kappa shape index (κ2) is 5.49. The van der Waals surface area contributed by atoms with E-state index in [1.807, 2.05) is 0 Å². The highest BCUT2D eigenvalue weighted by molar-refractivity contribution is 9.10. The summed E-state index contributed by atoms with van der Waals surface area (Å²) in [6, 6.07) is 2.75. The predicted molar refractivity (Wildman–Crippen MR) is 81.8 cm³/mol. The van der Waals surface area contributed by atoms with Gasteiger partial charge in [0.15, 0.2) is 9.84 Å². The number of nitrogens with zero attached hydrogens (tertiary/aromatic N) is 1. The number of sulfone groups is 1. The Morgan fingerprint density at radius 3 is 2.84 bits per heavy atom. The van der Waals surface area contributed by atoms with Crippen LogP contribution in [0, 0.1) is 5.82 Å². The Morgan fingerprint density at radius 1 is 1.53 bits per heavy atom. The lowest BCUT2D eigenvalue weighted by atomic mass is 10.2. The van der Waals surface area contributed by atoms with Crippen LogP contribution in [-0.4, -0.2) is 38.1 Å². The molecule has 0 spiro atoms. The molecular formula is C11H14BrFN2O2S2. The van der Waals surface area contributed by atoms with Crippen LogP contribution in [0.5, 0.6) is 0 Å². The molecule has 2 N–H and O–H groups in total. The molecule has 0 aliphatic carbocycles. The Hall–Kier alpha value is -0.470. The summed E-state index contributed by atoms with van der Waals surface area (Å²) >= 11 is 4.64. The van der Waals surface area contributed by atoms with E-state index < -0.39 is 21.0 Å². The van der Waals surface area contributed by atoms with Crippen LogP contribution in [-0.2, 0) is 9.84 Å². The summed E-state index contributed by atoms with van der Waals surface area (Å²) in [7, 11) is -3.25. The van der Waals surface area contributed by atoms with Gasteiger partial charge in [0.1, 0.15) is 11.2 Å². The van der Waals surface area contributed by atoms with Gasteiger partial charge in [-0.2, -0.15) is 11.8 Å². The average Bonchev–Trinajstić information content (AvgIpc) is 2.33. The maximum Gasteiger partial charge on any atom is 0.169 e. The van der Waals surface area contributed by atoms with E-state index in [0.29, 0.717) is 23.7 Å². The maximum atomic E-state index is 13.7. The molecule has 0 radical (unpaired) electrons. The Labute approximate surface area is 124 Å². The van der Waals surface area contributed by atoms with Crippen LogP contribution in [0.4, 0.5) is 15.8 Å². The normalized spacial score (nSPS) is 20.6. The van der Waals surface area contributed by atoms with E-state index in [0.717, 1.165) is 5.75 Å². The molecule has 1 aliphatic heterocycles. The molecule has 19 heavy (non-hydrogen) atoms. The van der Waals surface area contributed by atoms with Gasteiger partial charge in [0.2, 0.25) is 0 Å². The largest absolute Gasteiger partial charge is 0.397 e. The highest BCUT2D eigenvalue weighted by Gasteiger charge is 2.32. The van der Waals surface area contributed by atoms with Crippen molar-refractivity contribution in [1.82, 2.24) is 0 Å². The first-order valence-corrected chi connectivity index (χ1v) is 9.48. The third kappa shape index (κ3) is 3.17. The van der Waals surface area contributed by atoms with Crippen LogP contribution in [0.1, 0.15) is 0 Å². The van der Waals surface area contributed by atoms with E-state index in [2.05, 4.69) is 15.9 Å². The fourth-order valence-electron chi connectivity index (χ4n) is 2.01. The molecule has 8 heteroatoms. The monoisotopic (exact) mass is 368 g/mol. The van der Waals surface area contributed by atoms with E-state index in [1.54, 1.807) is 16.7 Å². The van der Waals surface area contributed by atoms with E-state index in [9.17, 15) is 12.8 Å². The summed E-state index contributed by atoms with van der Waals surface area (Å²) in [5.41, 5.74) is 6.70. The maximum absolute atomic E-state index is 13.7. The van der Waals surface area contributed by atoms with Gasteiger partial charge in [-0.05, 0) is 22.0 Å². The molecule has 4 nitrogen and oxygen atoms in total. The first kappa shape index (κ1) is 14.9. The predicted octanol–water partition coefficient (Wildman–Crippen LogP) is 2.09. The highest BCUT2D eigenvalue weighted by atomic mass is 79.9. The van der Waals surface area contributed by atoms with Gasteiger partial charge < -0.3 is 10.6 Å². The number of nitrogens with two attached hydrogens (primary N) is 1. The number of halogens is 2. The van der Waals surface area contributed by atoms with Crippen molar-refractivity contribution in [3.63, 3.8) is 0 Å². The number of thioether (sulfide) groups is 1. The second-order valence-corrected chi connectivity index (χ2v) is 8.58. The number of hydrogen-bond donors (Lipinski definition) is 1. The number of hydrogen-bond acceptors (Lipinski definition) is 5. The van der Waals surface area contributed by atoms with Gasteiger partial charge in [-0.1, -0.05) is 0 Å². The highest BCUT2D eigenvalue weighted by Crippen LogP contribution is 2.34. The van der Waals surface area contributed by atoms with E-state index in [-0.39, 0.29) is 4.47 Å². The van der Waals surface area contributed by atoms with E-state index in [1.165, 1.54) is 18.4 Å². The molecule has 1 atom stereocenters. The van der Waals surface area contributed by atoms with Crippen molar-refractivity contribution in [3.05, 3.63) is 22.4 Å². The lowest BCUT2D eigenvalue weighted by Crippen LogP contribution is -2.47. The number of anilines is 2. The zero-order valence-corrected chi connectivity index (χ0v) is 13.5. The summed E-state index contributed by atoms with van der Waals surface area (Å²) in [4.78, 5) is 1.68. The van der Waals surface area contributed by atoms with Crippen molar-refractivity contribution in [2.75, 3.05) is 34.9 Å². The summed E-state index contributed by atoms with van der Waals surface area (Å²) in [6.07, 6.45) is 1.20. The quantitative estimate of drug-likeness (QED) is 0.809. The Kier molecular flexibility index (Phi) is 4.32. The molecule has 0 saturated carbocycles. The smallest absolute Gasteiger partial charge is 0.169 e. The standard InChI is InChI=1S/C11H14BrFN2O2S2/c1-19(16,17)11-6-18-3-2-15(11)10-5-8(13)7(12)4-9(10)14/h4-5,11H,2-3,6,14H2,1H3. The Bertz CT molecular complexity index is 595. The van der Waals surface area contributed by atoms with Crippen LogP contribution in [0.15, 0.2) is 16.6 Å². The summed E-state index contributed by atoms with van der Waals surface area (Å²) < 4.78 is 37.6. The van der Waals surface area contributed by atoms with Crippen molar-refractivity contribution >= 4 is 48.9 Å². The van der Waals surface area contributed by atoms with Gasteiger partial charge in [-0.25, -0.2) is 12.8 Å². The molecule has 0 bridgehead atoms. The minimum Gasteiger partial charge on any atom is -0.397 e. The topological polar surface area (TPSA) is 63.4 Å². The summed E-state index contributed by atoms with van der Waals surface area (Å²) in [5, 5.41) is -0.658. The van der Waals surface area contributed by atoms with Gasteiger partial charge >= 0.3 is 0 Å². The molecule has 106 valence electrons. The SMILES string of the molecule is CS(=O)(=O)C1CSCCN1c1cc(F)c(Br)cc1N. The molecule has 1 aliphatic rings. The van der Waals surface area contributed by atoms with Crippen LogP contribution in [0.2, 0.25) is 0 Å². The third-order valence-corrected chi connectivity index (χ3v) is 6.21. The molecular weight excluding hydrogens is 355 g/mol. The Morgan fingerprint density at radius 2 is 2.21 bits per heavy atom. The van der Waals surface area contributed by atoms with Crippen molar-refractivity contribution < 1.29 is 12.8 Å². The van der Waals surface area contributed by atoms with Crippen molar-refractivity contribution in [2.45, 2.75) is 5.37 Å². The fourth-order valence-corrected chi connectivity index (χ4v) is 5.21. The summed E-state index contributed by atoms with van der Waals surface area (Å²) in [5.74, 6) is 0.814. The number of benzene rings is 1. The van der Waals surface area contributed by atoms with Gasteiger partial charge in [-0.3, -0.25) is 0 Å². The average molecular weight is 369 g/mol. The molecule has 1 heterocycles. The number of nitrogen functional groups attached to an aromatic ring is 1. The zero-order valence-electron chi connectivity index (χ0n) is 10.3. The molecule has 1 unspecified atom stereocenters. The van der Waals surface area contributed by atoms with Crippen molar-refractivity contribution in [3.8, 4) is 0 Å². The lowest BCUT2D eigenvalue weighted by molar-refractivity contribution is 0.583. The van der Waals surface area contributed by atoms with Gasteiger partial charge in [-0.15, -0.1) is 0 Å². The van der Waals surface area contributed by atoms with Gasteiger partial charge in [0.25, 0.3) is 0 Å². The van der Waals surface area contributed by atoms with E-state index >= 15 is 0 Å². The molecule has 1 aromatic rings. The van der Waals surface area contributed by atoms with Crippen molar-refractivity contribution in [1.29, 1.82) is 0 Å². The first-order chi connectivity index (χ1) is 8.80. The number of rotatable bonds is 2. The second-order valence-electron chi connectivity index (χ2n) is 4.38. The van der Waals surface area contributed by atoms with Crippen LogP contribution in [0.25, 0.3) is 0 Å². The molecule has 0 amide bonds. The van der Waals surface area contributed by atoms with Crippen molar-refractivity contribution in [2.24, 2.45) is 0 Å². The molecule has 1 fully saturated rings. The minimum absolute atomic E-state index is 0.274. The first-order valence-electron chi connectivity index (χ1n) is 5.58. The zero-order chi connectivity index (χ0) is 14.2. The fraction of sp³-hybridized carbons (Fsp3) is 0.455. The minimum atomic E-state index is -3.25. The van der Waals surface area contributed by atoms with Crippen LogP contribution < -0.4 is 10.6 Å². The van der Waals surface area contributed by atoms with Gasteiger partial charge in [0, 0.05) is 30.4 Å². The molecule has 1 aromatic carbocycles. The Balaban J connectivity index is 2.46. The lowest BCUT2D eigenvalue weighted by Gasteiger charge is -2.36.